The number of ether oxygens (including phenoxy) is 2. The Morgan fingerprint density at radius 2 is 1.62 bits per heavy atom. The predicted molar refractivity (Wildman–Crippen MR) is 94.9 cm³/mol. The van der Waals surface area contributed by atoms with Gasteiger partial charge in [0.2, 0.25) is 0 Å². The van der Waals surface area contributed by atoms with Crippen LogP contribution in [0.1, 0.15) is 64.7 Å². The highest BCUT2D eigenvalue weighted by Crippen LogP contribution is 2.19. The van der Waals surface area contributed by atoms with Gasteiger partial charge < -0.3 is 24.8 Å². The molecule has 0 amide bonds. The number of allylic oxidation sites excluding steroid dienone is 2. The summed E-state index contributed by atoms with van der Waals surface area (Å²) in [7, 11) is 0. The highest BCUT2D eigenvalue weighted by atomic mass is 16.6. The standard InChI is InChI=1S/C19H36O5/c1-2-3-4-5-6-7-8-9-10-11-12-13-23-19-17(14-20)24-15-16(21)18(19)22/h2-3,16-22H,4-15H2,1H3/b3-2+/t16-,17+,18+,19+/m0/s1. The van der Waals surface area contributed by atoms with Crippen LogP contribution in [0.2, 0.25) is 0 Å². The molecule has 0 radical (unpaired) electrons. The first-order valence-electron chi connectivity index (χ1n) is 9.52. The molecule has 1 fully saturated rings. The van der Waals surface area contributed by atoms with Crippen molar-refractivity contribution in [1.82, 2.24) is 0 Å². The molecular formula is C19H36O5. The van der Waals surface area contributed by atoms with Gasteiger partial charge in [-0.1, -0.05) is 50.7 Å². The molecule has 142 valence electrons. The molecule has 3 N–H and O–H groups in total. The van der Waals surface area contributed by atoms with Crippen LogP contribution in [-0.4, -0.2) is 59.6 Å². The summed E-state index contributed by atoms with van der Waals surface area (Å²) < 4.78 is 10.9. The first kappa shape index (κ1) is 21.6. The fraction of sp³-hybridized carbons (Fsp3) is 0.895. The van der Waals surface area contributed by atoms with Gasteiger partial charge in [0.1, 0.15) is 24.4 Å². The summed E-state index contributed by atoms with van der Waals surface area (Å²) in [5.41, 5.74) is 0. The minimum absolute atomic E-state index is 0.0426. The van der Waals surface area contributed by atoms with E-state index in [0.717, 1.165) is 12.8 Å². The molecule has 4 atom stereocenters. The molecule has 5 heteroatoms. The van der Waals surface area contributed by atoms with Crippen LogP contribution in [0.5, 0.6) is 0 Å². The molecular weight excluding hydrogens is 308 g/mol. The molecule has 24 heavy (non-hydrogen) atoms. The second kappa shape index (κ2) is 13.8. The van der Waals surface area contributed by atoms with Gasteiger partial charge >= 0.3 is 0 Å². The molecule has 0 saturated carbocycles. The lowest BCUT2D eigenvalue weighted by Gasteiger charge is -2.37. The van der Waals surface area contributed by atoms with Gasteiger partial charge in [0.25, 0.3) is 0 Å². The fourth-order valence-corrected chi connectivity index (χ4v) is 3.03. The van der Waals surface area contributed by atoms with E-state index in [1.54, 1.807) is 0 Å². The molecule has 1 rings (SSSR count). The van der Waals surface area contributed by atoms with Crippen molar-refractivity contribution in [3.05, 3.63) is 12.2 Å². The van der Waals surface area contributed by atoms with Crippen LogP contribution in [-0.2, 0) is 9.47 Å². The van der Waals surface area contributed by atoms with Crippen molar-refractivity contribution >= 4 is 0 Å². The molecule has 1 heterocycles. The number of rotatable bonds is 13. The van der Waals surface area contributed by atoms with E-state index in [1.165, 1.54) is 44.9 Å². The Bertz CT molecular complexity index is 319. The van der Waals surface area contributed by atoms with Crippen LogP contribution < -0.4 is 0 Å². The van der Waals surface area contributed by atoms with Gasteiger partial charge in [0.15, 0.2) is 0 Å². The highest BCUT2D eigenvalue weighted by molar-refractivity contribution is 4.87. The molecule has 0 aromatic carbocycles. The summed E-state index contributed by atoms with van der Waals surface area (Å²) >= 11 is 0. The largest absolute Gasteiger partial charge is 0.394 e. The molecule has 1 aliphatic heterocycles. The Labute approximate surface area is 146 Å². The molecule has 0 unspecified atom stereocenters. The van der Waals surface area contributed by atoms with Crippen LogP contribution in [0, 0.1) is 0 Å². The van der Waals surface area contributed by atoms with E-state index >= 15 is 0 Å². The lowest BCUT2D eigenvalue weighted by Crippen LogP contribution is -2.55. The third-order valence-corrected chi connectivity index (χ3v) is 4.57. The summed E-state index contributed by atoms with van der Waals surface area (Å²) in [6, 6.07) is 0. The topological polar surface area (TPSA) is 79.2 Å². The zero-order chi connectivity index (χ0) is 17.6. The van der Waals surface area contributed by atoms with E-state index in [2.05, 4.69) is 19.1 Å². The van der Waals surface area contributed by atoms with Gasteiger partial charge in [-0.05, 0) is 26.2 Å². The molecule has 0 aromatic rings. The van der Waals surface area contributed by atoms with Gasteiger partial charge in [-0.2, -0.15) is 0 Å². The first-order valence-corrected chi connectivity index (χ1v) is 9.52. The van der Waals surface area contributed by atoms with Gasteiger partial charge in [-0.15, -0.1) is 0 Å². The molecule has 1 saturated heterocycles. The maximum atomic E-state index is 9.95. The quantitative estimate of drug-likeness (QED) is 0.353. The number of aliphatic hydroxyl groups is 3. The fourth-order valence-electron chi connectivity index (χ4n) is 3.03. The normalized spacial score (nSPS) is 27.8. The molecule has 5 nitrogen and oxygen atoms in total. The summed E-state index contributed by atoms with van der Waals surface area (Å²) in [4.78, 5) is 0. The smallest absolute Gasteiger partial charge is 0.114 e. The SMILES string of the molecule is C/C=C/CCCCCCCCCCO[C@H]1[C@H](O)[C@@H](O)CO[C@@H]1CO. The maximum Gasteiger partial charge on any atom is 0.114 e. The Morgan fingerprint density at radius 3 is 2.25 bits per heavy atom. The van der Waals surface area contributed by atoms with Crippen LogP contribution in [0.25, 0.3) is 0 Å². The van der Waals surface area contributed by atoms with Crippen LogP contribution in [0.4, 0.5) is 0 Å². The second-order valence-corrected chi connectivity index (χ2v) is 6.63. The molecule has 0 spiro atoms. The van der Waals surface area contributed by atoms with Crippen molar-refractivity contribution in [3.8, 4) is 0 Å². The van der Waals surface area contributed by atoms with Gasteiger partial charge in [-0.3, -0.25) is 0 Å². The van der Waals surface area contributed by atoms with Crippen LogP contribution >= 0.6 is 0 Å². The van der Waals surface area contributed by atoms with Crippen LogP contribution in [0.15, 0.2) is 12.2 Å². The predicted octanol–water partition coefficient (Wildman–Crippen LogP) is 2.57. The summed E-state index contributed by atoms with van der Waals surface area (Å²) in [5.74, 6) is 0. The number of hydrogen-bond acceptors (Lipinski definition) is 5. The second-order valence-electron chi connectivity index (χ2n) is 6.63. The molecule has 0 aliphatic carbocycles. The summed E-state index contributed by atoms with van der Waals surface area (Å²) in [6.07, 6.45) is 12.1. The Hall–Kier alpha value is -0.460. The van der Waals surface area contributed by atoms with E-state index in [9.17, 15) is 15.3 Å². The lowest BCUT2D eigenvalue weighted by atomic mass is 10.0. The Balaban J connectivity index is 1.97. The number of aliphatic hydroxyl groups excluding tert-OH is 3. The molecule has 0 bridgehead atoms. The number of unbranched alkanes of at least 4 members (excludes halogenated alkanes) is 8. The van der Waals surface area contributed by atoms with Crippen molar-refractivity contribution in [3.63, 3.8) is 0 Å². The third-order valence-electron chi connectivity index (χ3n) is 4.57. The van der Waals surface area contributed by atoms with Crippen molar-refractivity contribution in [2.45, 2.75) is 89.1 Å². The van der Waals surface area contributed by atoms with E-state index in [-0.39, 0.29) is 13.2 Å². The average Bonchev–Trinajstić information content (AvgIpc) is 2.59. The lowest BCUT2D eigenvalue weighted by molar-refractivity contribution is -0.211. The van der Waals surface area contributed by atoms with Gasteiger partial charge in [-0.25, -0.2) is 0 Å². The molecule has 1 aliphatic rings. The van der Waals surface area contributed by atoms with Crippen molar-refractivity contribution in [1.29, 1.82) is 0 Å². The van der Waals surface area contributed by atoms with Crippen molar-refractivity contribution < 1.29 is 24.8 Å². The van der Waals surface area contributed by atoms with E-state index in [1.807, 2.05) is 0 Å². The van der Waals surface area contributed by atoms with Crippen LogP contribution in [0.3, 0.4) is 0 Å². The van der Waals surface area contributed by atoms with Gasteiger partial charge in [0.05, 0.1) is 13.2 Å². The minimum atomic E-state index is -0.988. The van der Waals surface area contributed by atoms with Gasteiger partial charge in [0, 0.05) is 6.61 Å². The molecule has 0 aromatic heterocycles. The Morgan fingerprint density at radius 1 is 1.00 bits per heavy atom. The van der Waals surface area contributed by atoms with Crippen molar-refractivity contribution in [2.24, 2.45) is 0 Å². The summed E-state index contributed by atoms with van der Waals surface area (Å²) in [5, 5.41) is 28.8. The Kier molecular flexibility index (Phi) is 12.4. The average molecular weight is 344 g/mol. The summed E-state index contributed by atoms with van der Waals surface area (Å²) in [6.45, 7) is 2.43. The monoisotopic (exact) mass is 344 g/mol. The van der Waals surface area contributed by atoms with E-state index < -0.39 is 24.4 Å². The van der Waals surface area contributed by atoms with E-state index in [4.69, 9.17) is 9.47 Å². The zero-order valence-electron chi connectivity index (χ0n) is 15.1. The first-order chi connectivity index (χ1) is 11.7. The van der Waals surface area contributed by atoms with Crippen molar-refractivity contribution in [2.75, 3.05) is 19.8 Å². The third kappa shape index (κ3) is 8.58. The zero-order valence-corrected chi connectivity index (χ0v) is 15.1. The maximum absolute atomic E-state index is 9.95. The van der Waals surface area contributed by atoms with E-state index in [0.29, 0.717) is 6.61 Å². The minimum Gasteiger partial charge on any atom is -0.394 e. The number of hydrogen-bond donors (Lipinski definition) is 3. The highest BCUT2D eigenvalue weighted by Gasteiger charge is 2.39.